The molecule has 1 aliphatic rings. The van der Waals surface area contributed by atoms with Crippen LogP contribution in [0.5, 0.6) is 11.5 Å². The molecule has 0 aromatic heterocycles. The van der Waals surface area contributed by atoms with Crippen molar-refractivity contribution in [2.75, 3.05) is 13.7 Å². The van der Waals surface area contributed by atoms with Crippen LogP contribution < -0.4 is 9.47 Å². The Labute approximate surface area is 160 Å². The molecule has 2 aromatic rings. The summed E-state index contributed by atoms with van der Waals surface area (Å²) in [5.74, 6) is 1.61. The van der Waals surface area contributed by atoms with Gasteiger partial charge in [-0.1, -0.05) is 18.7 Å². The molecule has 0 unspecified atom stereocenters. The molecule has 0 aliphatic carbocycles. The molecule has 1 aliphatic heterocycles. The SMILES string of the molecule is C=CCOc1ccc(/C=C2/C=C(c3ccc(OC)cc3)OC2=O)cc1Br. The molecular formula is C21H17BrO4. The van der Waals surface area contributed by atoms with Gasteiger partial charge in [-0.05, 0) is 70.0 Å². The molecule has 5 heteroatoms. The summed E-state index contributed by atoms with van der Waals surface area (Å²) in [6, 6.07) is 13.0. The van der Waals surface area contributed by atoms with Crippen molar-refractivity contribution in [3.8, 4) is 11.5 Å². The molecule has 0 fully saturated rings. The first-order valence-electron chi connectivity index (χ1n) is 7.94. The van der Waals surface area contributed by atoms with E-state index in [1.165, 1.54) is 0 Å². The fraction of sp³-hybridized carbons (Fsp3) is 0.0952. The maximum Gasteiger partial charge on any atom is 0.343 e. The Hall–Kier alpha value is -2.79. The smallest absolute Gasteiger partial charge is 0.343 e. The second kappa shape index (κ2) is 8.06. The zero-order chi connectivity index (χ0) is 18.5. The monoisotopic (exact) mass is 412 g/mol. The summed E-state index contributed by atoms with van der Waals surface area (Å²) in [6.07, 6.45) is 5.20. The van der Waals surface area contributed by atoms with Gasteiger partial charge in [-0.25, -0.2) is 4.79 Å². The fourth-order valence-corrected chi connectivity index (χ4v) is 2.95. The number of cyclic esters (lactones) is 1. The zero-order valence-corrected chi connectivity index (χ0v) is 15.8. The van der Waals surface area contributed by atoms with E-state index in [0.29, 0.717) is 17.9 Å². The maximum atomic E-state index is 12.2. The Kier molecular flexibility index (Phi) is 5.58. The second-order valence-electron chi connectivity index (χ2n) is 5.52. The fourth-order valence-electron chi connectivity index (χ4n) is 2.44. The van der Waals surface area contributed by atoms with Gasteiger partial charge in [0, 0.05) is 5.56 Å². The van der Waals surface area contributed by atoms with Crippen molar-refractivity contribution in [3.63, 3.8) is 0 Å². The first kappa shape index (κ1) is 18.0. The van der Waals surface area contributed by atoms with Crippen LogP contribution in [0.4, 0.5) is 0 Å². The first-order valence-corrected chi connectivity index (χ1v) is 8.73. The van der Waals surface area contributed by atoms with Crippen molar-refractivity contribution in [3.05, 3.63) is 82.4 Å². The lowest BCUT2D eigenvalue weighted by atomic mass is 10.1. The van der Waals surface area contributed by atoms with Crippen molar-refractivity contribution in [1.29, 1.82) is 0 Å². The molecule has 0 spiro atoms. The van der Waals surface area contributed by atoms with E-state index in [0.717, 1.165) is 27.1 Å². The van der Waals surface area contributed by atoms with Gasteiger partial charge in [0.15, 0.2) is 0 Å². The van der Waals surface area contributed by atoms with Crippen LogP contribution in [0.2, 0.25) is 0 Å². The average molecular weight is 413 g/mol. The molecule has 0 atom stereocenters. The van der Waals surface area contributed by atoms with Crippen molar-refractivity contribution in [2.45, 2.75) is 0 Å². The number of benzene rings is 2. The van der Waals surface area contributed by atoms with E-state index in [1.807, 2.05) is 42.5 Å². The number of hydrogen-bond acceptors (Lipinski definition) is 4. The molecule has 0 saturated carbocycles. The third-order valence-corrected chi connectivity index (χ3v) is 4.35. The molecule has 0 saturated heterocycles. The summed E-state index contributed by atoms with van der Waals surface area (Å²) in [5, 5.41) is 0. The molecule has 0 bridgehead atoms. The molecule has 0 amide bonds. The summed E-state index contributed by atoms with van der Waals surface area (Å²) in [5.41, 5.74) is 2.17. The number of carbonyl (C=O) groups excluding carboxylic acids is 1. The summed E-state index contributed by atoms with van der Waals surface area (Å²) < 4.78 is 16.8. The Bertz CT molecular complexity index is 895. The number of hydrogen-bond donors (Lipinski definition) is 0. The molecule has 3 rings (SSSR count). The highest BCUT2D eigenvalue weighted by atomic mass is 79.9. The minimum absolute atomic E-state index is 0.376. The highest BCUT2D eigenvalue weighted by Crippen LogP contribution is 2.31. The Morgan fingerprint density at radius 2 is 1.96 bits per heavy atom. The quantitative estimate of drug-likeness (QED) is 0.380. The van der Waals surface area contributed by atoms with Crippen LogP contribution in [-0.2, 0) is 9.53 Å². The first-order chi connectivity index (χ1) is 12.6. The lowest BCUT2D eigenvalue weighted by Crippen LogP contribution is -1.97. The normalized spacial score (nSPS) is 14.8. The van der Waals surface area contributed by atoms with Crippen LogP contribution in [0.3, 0.4) is 0 Å². The minimum Gasteiger partial charge on any atom is -0.497 e. The Morgan fingerprint density at radius 1 is 1.19 bits per heavy atom. The third kappa shape index (κ3) is 4.06. The largest absolute Gasteiger partial charge is 0.497 e. The predicted molar refractivity (Wildman–Crippen MR) is 105 cm³/mol. The molecule has 0 radical (unpaired) electrons. The summed E-state index contributed by atoms with van der Waals surface area (Å²) >= 11 is 3.47. The van der Waals surface area contributed by atoms with Crippen LogP contribution >= 0.6 is 15.9 Å². The predicted octanol–water partition coefficient (Wildman–Crippen LogP) is 5.00. The lowest BCUT2D eigenvalue weighted by molar-refractivity contribution is -0.130. The van der Waals surface area contributed by atoms with Gasteiger partial charge in [-0.2, -0.15) is 0 Å². The summed E-state index contributed by atoms with van der Waals surface area (Å²) in [6.45, 7) is 4.06. The van der Waals surface area contributed by atoms with E-state index < -0.39 is 0 Å². The van der Waals surface area contributed by atoms with Crippen LogP contribution in [0.1, 0.15) is 11.1 Å². The van der Waals surface area contributed by atoms with E-state index in [-0.39, 0.29) is 5.97 Å². The average Bonchev–Trinajstić information content (AvgIpc) is 3.01. The van der Waals surface area contributed by atoms with Crippen molar-refractivity contribution >= 4 is 33.7 Å². The van der Waals surface area contributed by atoms with Gasteiger partial charge in [0.2, 0.25) is 0 Å². The maximum absolute atomic E-state index is 12.2. The van der Waals surface area contributed by atoms with E-state index >= 15 is 0 Å². The van der Waals surface area contributed by atoms with Gasteiger partial charge in [-0.15, -0.1) is 0 Å². The molecule has 0 N–H and O–H groups in total. The molecular weight excluding hydrogens is 396 g/mol. The van der Waals surface area contributed by atoms with E-state index in [2.05, 4.69) is 22.5 Å². The van der Waals surface area contributed by atoms with Gasteiger partial charge in [0.1, 0.15) is 23.9 Å². The van der Waals surface area contributed by atoms with Crippen molar-refractivity contribution in [1.82, 2.24) is 0 Å². The van der Waals surface area contributed by atoms with Crippen LogP contribution in [0.25, 0.3) is 11.8 Å². The molecule has 132 valence electrons. The van der Waals surface area contributed by atoms with Gasteiger partial charge < -0.3 is 14.2 Å². The highest BCUT2D eigenvalue weighted by molar-refractivity contribution is 9.10. The number of ether oxygens (including phenoxy) is 3. The van der Waals surface area contributed by atoms with E-state index in [1.54, 1.807) is 25.3 Å². The number of esters is 1. The van der Waals surface area contributed by atoms with Crippen LogP contribution in [-0.4, -0.2) is 19.7 Å². The van der Waals surface area contributed by atoms with Crippen LogP contribution in [0, 0.1) is 0 Å². The Morgan fingerprint density at radius 3 is 2.62 bits per heavy atom. The standard InChI is InChI=1S/C21H17BrO4/c1-3-10-25-19-9-4-14(12-18(19)22)11-16-13-20(26-21(16)23)15-5-7-17(24-2)8-6-15/h3-9,11-13H,1,10H2,2H3/b16-11-. The van der Waals surface area contributed by atoms with E-state index in [9.17, 15) is 4.79 Å². The number of rotatable bonds is 6. The van der Waals surface area contributed by atoms with Gasteiger partial charge in [0.05, 0.1) is 17.2 Å². The van der Waals surface area contributed by atoms with Gasteiger partial charge in [-0.3, -0.25) is 0 Å². The highest BCUT2D eigenvalue weighted by Gasteiger charge is 2.22. The van der Waals surface area contributed by atoms with E-state index in [4.69, 9.17) is 14.2 Å². The number of methoxy groups -OCH3 is 1. The summed E-state index contributed by atoms with van der Waals surface area (Å²) in [7, 11) is 1.61. The lowest BCUT2D eigenvalue weighted by Gasteiger charge is -2.06. The number of halogens is 1. The molecule has 1 heterocycles. The van der Waals surface area contributed by atoms with Crippen LogP contribution in [0.15, 0.2) is 71.2 Å². The Balaban J connectivity index is 1.83. The topological polar surface area (TPSA) is 44.8 Å². The van der Waals surface area contributed by atoms with Gasteiger partial charge in [0.25, 0.3) is 0 Å². The minimum atomic E-state index is -0.376. The number of carbonyl (C=O) groups is 1. The molecule has 26 heavy (non-hydrogen) atoms. The zero-order valence-electron chi connectivity index (χ0n) is 14.2. The van der Waals surface area contributed by atoms with Crippen molar-refractivity contribution < 1.29 is 19.0 Å². The third-order valence-electron chi connectivity index (χ3n) is 3.73. The second-order valence-corrected chi connectivity index (χ2v) is 6.37. The molecule has 4 nitrogen and oxygen atoms in total. The summed E-state index contributed by atoms with van der Waals surface area (Å²) in [4.78, 5) is 12.2. The molecule has 2 aromatic carbocycles. The van der Waals surface area contributed by atoms with Crippen molar-refractivity contribution in [2.24, 2.45) is 0 Å². The van der Waals surface area contributed by atoms with Gasteiger partial charge >= 0.3 is 5.97 Å².